The van der Waals surface area contributed by atoms with Crippen LogP contribution in [0.2, 0.25) is 25.7 Å². The molecule has 0 aliphatic carbocycles. The van der Waals surface area contributed by atoms with Gasteiger partial charge in [0.05, 0.1) is 40.9 Å². The van der Waals surface area contributed by atoms with Crippen molar-refractivity contribution in [1.29, 1.82) is 5.26 Å². The lowest BCUT2D eigenvalue weighted by Gasteiger charge is -2.37. The second-order valence-electron chi connectivity index (χ2n) is 13.6. The van der Waals surface area contributed by atoms with E-state index in [-0.39, 0.29) is 39.9 Å². The van der Waals surface area contributed by atoms with Gasteiger partial charge in [0.2, 0.25) is 0 Å². The van der Waals surface area contributed by atoms with Crippen LogP contribution in [0.5, 0.6) is 5.75 Å². The van der Waals surface area contributed by atoms with Crippen LogP contribution >= 0.6 is 0 Å². The van der Waals surface area contributed by atoms with Gasteiger partial charge >= 0.3 is 18.2 Å². The SMILES string of the molecule is COc1cc(C)c2c(ccn2C(=O)OC(C)(C)C)c1C(OCC(=O)O)(c1nc2ccc(C#N)cc2n1COCC[Si](C)(C)C)C(F)(F)F. The lowest BCUT2D eigenvalue weighted by Crippen LogP contribution is -2.49. The summed E-state index contributed by atoms with van der Waals surface area (Å²) in [6.07, 6.45) is -4.94. The maximum atomic E-state index is 16.1. The molecule has 0 amide bonds. The molecule has 0 saturated carbocycles. The molecule has 11 nitrogen and oxygen atoms in total. The van der Waals surface area contributed by atoms with Crippen molar-refractivity contribution >= 4 is 42.1 Å². The number of aryl methyl sites for hydroxylation is 1. The zero-order chi connectivity index (χ0) is 35.8. The maximum Gasteiger partial charge on any atom is 0.429 e. The van der Waals surface area contributed by atoms with Gasteiger partial charge in [-0.2, -0.15) is 18.4 Å². The van der Waals surface area contributed by atoms with Crippen molar-refractivity contribution in [1.82, 2.24) is 14.1 Å². The van der Waals surface area contributed by atoms with Gasteiger partial charge in [-0.15, -0.1) is 0 Å². The summed E-state index contributed by atoms with van der Waals surface area (Å²) in [7, 11) is -0.420. The fourth-order valence-corrected chi connectivity index (χ4v) is 6.15. The molecule has 0 saturated heterocycles. The summed E-state index contributed by atoms with van der Waals surface area (Å²) in [4.78, 5) is 29.6. The molecule has 258 valence electrons. The number of alkyl halides is 3. The van der Waals surface area contributed by atoms with Crippen LogP contribution < -0.4 is 4.74 Å². The number of carboxylic acids is 1. The normalized spacial score (nSPS) is 13.8. The molecule has 2 aromatic carbocycles. The maximum absolute atomic E-state index is 16.1. The molecule has 0 aliphatic rings. The van der Waals surface area contributed by atoms with Crippen LogP contribution in [0.25, 0.3) is 21.9 Å². The molecule has 2 heterocycles. The van der Waals surface area contributed by atoms with E-state index < -0.39 is 62.2 Å². The Morgan fingerprint density at radius 2 is 1.79 bits per heavy atom. The number of methoxy groups -OCH3 is 1. The third-order valence-electron chi connectivity index (χ3n) is 7.51. The first-order chi connectivity index (χ1) is 22.2. The lowest BCUT2D eigenvalue weighted by atomic mass is 9.86. The second kappa shape index (κ2) is 13.3. The average molecular weight is 689 g/mol. The number of aliphatic carboxylic acids is 1. The van der Waals surface area contributed by atoms with Crippen LogP contribution in [0, 0.1) is 18.3 Å². The lowest BCUT2D eigenvalue weighted by molar-refractivity contribution is -0.270. The molecule has 1 N–H and O–H groups in total. The molecule has 0 spiro atoms. The summed E-state index contributed by atoms with van der Waals surface area (Å²) in [6, 6.07) is 9.50. The van der Waals surface area contributed by atoms with E-state index >= 15 is 13.2 Å². The van der Waals surface area contributed by atoms with E-state index in [1.165, 1.54) is 43.6 Å². The van der Waals surface area contributed by atoms with Gasteiger partial charge in [0.15, 0.2) is 5.82 Å². The number of aromatic nitrogens is 3. The summed E-state index contributed by atoms with van der Waals surface area (Å²) in [5.41, 5.74) is -4.31. The van der Waals surface area contributed by atoms with Crippen molar-refractivity contribution < 1.29 is 46.8 Å². The van der Waals surface area contributed by atoms with Crippen molar-refractivity contribution in [3.8, 4) is 11.8 Å². The van der Waals surface area contributed by atoms with Crippen molar-refractivity contribution in [2.24, 2.45) is 0 Å². The minimum Gasteiger partial charge on any atom is -0.496 e. The molecular formula is C33H39F3N4O7Si. The Hall–Kier alpha value is -4.39. The third-order valence-corrected chi connectivity index (χ3v) is 9.21. The standard InChI is InChI=1S/C33H39F3N4O7Si/c1-20-15-25(44-5)27(22-11-12-39(28(20)22)30(43)47-31(2,3)4)32(33(34,35)36,46-18-26(41)42)29-38-23-10-9-21(17-37)16-24(23)40(29)19-45-13-14-48(6,7)8/h9-12,15-16H,13-14,18-19H2,1-8H3,(H,41,42). The quantitative estimate of drug-likeness (QED) is 0.128. The van der Waals surface area contributed by atoms with Crippen molar-refractivity contribution in [2.75, 3.05) is 20.3 Å². The Morgan fingerprint density at radius 3 is 2.35 bits per heavy atom. The molecule has 4 rings (SSSR count). The molecule has 2 aromatic heterocycles. The first kappa shape index (κ1) is 36.4. The number of imidazole rings is 1. The molecule has 4 aromatic rings. The van der Waals surface area contributed by atoms with Gasteiger partial charge in [-0.25, -0.2) is 14.6 Å². The van der Waals surface area contributed by atoms with Crippen LogP contribution in [0.1, 0.15) is 43.3 Å². The number of nitrogens with zero attached hydrogens (tertiary/aromatic N) is 4. The number of nitriles is 1. The van der Waals surface area contributed by atoms with E-state index in [1.54, 1.807) is 27.7 Å². The topological polar surface area (TPSA) is 138 Å². The summed E-state index contributed by atoms with van der Waals surface area (Å²) in [6.45, 7) is 11.4. The van der Waals surface area contributed by atoms with Crippen molar-refractivity contribution in [3.63, 3.8) is 0 Å². The minimum absolute atomic E-state index is 0.0633. The van der Waals surface area contributed by atoms with Gasteiger partial charge in [-0.1, -0.05) is 19.6 Å². The average Bonchev–Trinajstić information content (AvgIpc) is 3.56. The fourth-order valence-electron chi connectivity index (χ4n) is 5.39. The predicted octanol–water partition coefficient (Wildman–Crippen LogP) is 7.18. The van der Waals surface area contributed by atoms with E-state index in [1.807, 2.05) is 6.07 Å². The molecule has 0 aliphatic heterocycles. The van der Waals surface area contributed by atoms with E-state index in [2.05, 4.69) is 24.6 Å². The molecule has 0 bridgehead atoms. The van der Waals surface area contributed by atoms with Gasteiger partial charge in [0.25, 0.3) is 5.60 Å². The summed E-state index contributed by atoms with van der Waals surface area (Å²) >= 11 is 0. The molecular weight excluding hydrogens is 649 g/mol. The summed E-state index contributed by atoms with van der Waals surface area (Å²) in [5.74, 6) is -2.71. The molecule has 15 heteroatoms. The van der Waals surface area contributed by atoms with E-state index in [0.29, 0.717) is 11.6 Å². The number of hydrogen-bond acceptors (Lipinski definition) is 8. The van der Waals surface area contributed by atoms with Gasteiger partial charge in [0.1, 0.15) is 24.7 Å². The van der Waals surface area contributed by atoms with Gasteiger partial charge in [0, 0.05) is 26.3 Å². The first-order valence-corrected chi connectivity index (χ1v) is 18.8. The Balaban J connectivity index is 2.15. The number of ether oxygens (including phenoxy) is 4. The first-order valence-electron chi connectivity index (χ1n) is 15.1. The Morgan fingerprint density at radius 1 is 1.10 bits per heavy atom. The fraction of sp³-hybridized carbons (Fsp3) is 0.455. The number of rotatable bonds is 11. The van der Waals surface area contributed by atoms with Crippen LogP contribution in [-0.4, -0.2) is 71.5 Å². The number of carbonyl (C=O) groups excluding carboxylic acids is 1. The van der Waals surface area contributed by atoms with Gasteiger partial charge < -0.3 is 28.6 Å². The van der Waals surface area contributed by atoms with Crippen LogP contribution in [-0.2, 0) is 31.3 Å². The number of benzene rings is 2. The highest BCUT2D eigenvalue weighted by molar-refractivity contribution is 6.76. The Kier molecular flexibility index (Phi) is 10.1. The number of carbonyl (C=O) groups is 2. The molecule has 1 unspecified atom stereocenters. The highest BCUT2D eigenvalue weighted by atomic mass is 28.3. The third kappa shape index (κ3) is 7.20. The molecule has 1 atom stereocenters. The number of hydrogen-bond donors (Lipinski definition) is 1. The van der Waals surface area contributed by atoms with Crippen LogP contribution in [0.4, 0.5) is 18.0 Å². The van der Waals surface area contributed by atoms with Crippen LogP contribution in [0.3, 0.4) is 0 Å². The largest absolute Gasteiger partial charge is 0.496 e. The second-order valence-corrected chi connectivity index (χ2v) is 19.2. The summed E-state index contributed by atoms with van der Waals surface area (Å²) in [5, 5.41) is 19.2. The number of fused-ring (bicyclic) bond motifs is 2. The predicted molar refractivity (Wildman–Crippen MR) is 174 cm³/mol. The van der Waals surface area contributed by atoms with Crippen molar-refractivity contribution in [2.45, 2.75) is 77.5 Å². The van der Waals surface area contributed by atoms with E-state index in [0.717, 1.165) is 9.13 Å². The van der Waals surface area contributed by atoms with Gasteiger partial charge in [-0.05, 0) is 69.6 Å². The molecule has 48 heavy (non-hydrogen) atoms. The zero-order valence-electron chi connectivity index (χ0n) is 28.1. The minimum atomic E-state index is -5.37. The monoisotopic (exact) mass is 688 g/mol. The molecule has 0 radical (unpaired) electrons. The number of carboxylic acid groups (broad SMARTS) is 1. The van der Waals surface area contributed by atoms with Gasteiger partial charge in [-0.3, -0.25) is 4.57 Å². The smallest absolute Gasteiger partial charge is 0.429 e. The van der Waals surface area contributed by atoms with Crippen molar-refractivity contribution in [3.05, 3.63) is 59.0 Å². The Labute approximate surface area is 276 Å². The van der Waals surface area contributed by atoms with E-state index in [9.17, 15) is 20.0 Å². The van der Waals surface area contributed by atoms with E-state index in [4.69, 9.17) is 18.9 Å². The molecule has 0 fully saturated rings. The Bertz CT molecular complexity index is 1900. The van der Waals surface area contributed by atoms with Crippen LogP contribution in [0.15, 0.2) is 36.5 Å². The highest BCUT2D eigenvalue weighted by Gasteiger charge is 2.64. The summed E-state index contributed by atoms with van der Waals surface area (Å²) < 4.78 is 73.1. The zero-order valence-corrected chi connectivity index (χ0v) is 29.1. The highest BCUT2D eigenvalue weighted by Crippen LogP contribution is 2.53. The number of halogens is 3.